The fourth-order valence-corrected chi connectivity index (χ4v) is 2.70. The van der Waals surface area contributed by atoms with E-state index in [1.165, 1.54) is 4.72 Å². The molecule has 19 heavy (non-hydrogen) atoms. The molecular formula is C9H9BrF4N2O2S. The van der Waals surface area contributed by atoms with Gasteiger partial charge in [0.15, 0.2) is 0 Å². The number of benzene rings is 1. The zero-order valence-electron chi connectivity index (χ0n) is 9.26. The quantitative estimate of drug-likeness (QED) is 0.615. The zero-order chi connectivity index (χ0) is 14.8. The first-order valence-corrected chi connectivity index (χ1v) is 7.09. The Hall–Kier alpha value is -0.710. The van der Waals surface area contributed by atoms with Gasteiger partial charge in [-0.25, -0.2) is 30.7 Å². The molecule has 0 aromatic heterocycles. The van der Waals surface area contributed by atoms with E-state index in [9.17, 15) is 26.0 Å². The predicted octanol–water partition coefficient (Wildman–Crippen LogP) is 1.60. The Kier molecular flexibility index (Phi) is 4.93. The summed E-state index contributed by atoms with van der Waals surface area (Å²) in [4.78, 5) is -0.936. The summed E-state index contributed by atoms with van der Waals surface area (Å²) < 4.78 is 76.4. The molecule has 0 spiro atoms. The first-order chi connectivity index (χ1) is 8.59. The minimum Gasteiger partial charge on any atom is -0.325 e. The first-order valence-electron chi connectivity index (χ1n) is 4.81. The Bertz CT molecular complexity index is 580. The normalized spacial score (nSPS) is 12.7. The highest BCUT2D eigenvalue weighted by Crippen LogP contribution is 2.23. The molecule has 0 amide bonds. The molecule has 0 aliphatic carbocycles. The van der Waals surface area contributed by atoms with Crippen molar-refractivity contribution in [3.8, 4) is 0 Å². The number of halogens is 5. The molecule has 0 heterocycles. The SMILES string of the molecule is NCC(F)(F)CNS(=O)(=O)c1cc(Br)c(F)cc1F. The molecule has 10 heteroatoms. The molecule has 108 valence electrons. The number of hydrogen-bond acceptors (Lipinski definition) is 3. The van der Waals surface area contributed by atoms with Gasteiger partial charge in [0, 0.05) is 6.07 Å². The Balaban J connectivity index is 3.05. The molecule has 0 aliphatic rings. The third-order valence-electron chi connectivity index (χ3n) is 2.08. The lowest BCUT2D eigenvalue weighted by Crippen LogP contribution is -2.41. The lowest BCUT2D eigenvalue weighted by molar-refractivity contribution is 0.0170. The van der Waals surface area contributed by atoms with E-state index in [0.29, 0.717) is 12.1 Å². The Morgan fingerprint density at radius 2 is 1.84 bits per heavy atom. The minimum absolute atomic E-state index is 0.306. The van der Waals surface area contributed by atoms with Crippen LogP contribution in [-0.4, -0.2) is 27.4 Å². The molecule has 1 aromatic carbocycles. The second kappa shape index (κ2) is 5.73. The van der Waals surface area contributed by atoms with Gasteiger partial charge in [-0.2, -0.15) is 0 Å². The highest BCUT2D eigenvalue weighted by Gasteiger charge is 2.30. The number of sulfonamides is 1. The van der Waals surface area contributed by atoms with Crippen LogP contribution in [-0.2, 0) is 10.0 Å². The van der Waals surface area contributed by atoms with E-state index in [0.717, 1.165) is 0 Å². The summed E-state index contributed by atoms with van der Waals surface area (Å²) in [6.07, 6.45) is 0. The molecule has 0 unspecified atom stereocenters. The fraction of sp³-hybridized carbons (Fsp3) is 0.333. The van der Waals surface area contributed by atoms with Gasteiger partial charge in [-0.05, 0) is 22.0 Å². The maximum atomic E-state index is 13.3. The van der Waals surface area contributed by atoms with E-state index in [1.54, 1.807) is 0 Å². The summed E-state index contributed by atoms with van der Waals surface area (Å²) in [5, 5.41) is 0. The van der Waals surface area contributed by atoms with Gasteiger partial charge in [0.1, 0.15) is 16.5 Å². The van der Waals surface area contributed by atoms with Crippen molar-refractivity contribution >= 4 is 26.0 Å². The maximum Gasteiger partial charge on any atom is 0.273 e. The van der Waals surface area contributed by atoms with Crippen molar-refractivity contribution in [1.29, 1.82) is 0 Å². The van der Waals surface area contributed by atoms with Crippen LogP contribution in [0.4, 0.5) is 17.6 Å². The summed E-state index contributed by atoms with van der Waals surface area (Å²) in [6.45, 7) is -2.34. The van der Waals surface area contributed by atoms with Crippen molar-refractivity contribution in [2.45, 2.75) is 10.8 Å². The highest BCUT2D eigenvalue weighted by atomic mass is 79.9. The molecule has 1 aromatic rings. The van der Waals surface area contributed by atoms with Crippen LogP contribution in [0.25, 0.3) is 0 Å². The molecule has 0 bridgehead atoms. The van der Waals surface area contributed by atoms with Crippen molar-refractivity contribution in [2.24, 2.45) is 5.73 Å². The number of alkyl halides is 2. The largest absolute Gasteiger partial charge is 0.325 e. The molecule has 0 atom stereocenters. The Morgan fingerprint density at radius 1 is 1.26 bits per heavy atom. The summed E-state index contributed by atoms with van der Waals surface area (Å²) in [5.74, 6) is -5.85. The second-order valence-electron chi connectivity index (χ2n) is 3.58. The van der Waals surface area contributed by atoms with Crippen LogP contribution in [0.15, 0.2) is 21.5 Å². The monoisotopic (exact) mass is 364 g/mol. The van der Waals surface area contributed by atoms with Gasteiger partial charge >= 0.3 is 0 Å². The van der Waals surface area contributed by atoms with E-state index in [-0.39, 0.29) is 4.47 Å². The van der Waals surface area contributed by atoms with Gasteiger partial charge in [-0.3, -0.25) is 0 Å². The van der Waals surface area contributed by atoms with E-state index in [1.807, 2.05) is 0 Å². The molecule has 3 N–H and O–H groups in total. The molecule has 1 rings (SSSR count). The van der Waals surface area contributed by atoms with Crippen LogP contribution < -0.4 is 10.5 Å². The Labute approximate surface area is 115 Å². The smallest absolute Gasteiger partial charge is 0.273 e. The van der Waals surface area contributed by atoms with Gasteiger partial charge in [-0.15, -0.1) is 0 Å². The van der Waals surface area contributed by atoms with Gasteiger partial charge < -0.3 is 5.73 Å². The topological polar surface area (TPSA) is 72.2 Å². The van der Waals surface area contributed by atoms with Gasteiger partial charge in [0.2, 0.25) is 10.0 Å². The molecule has 0 fully saturated rings. The average molecular weight is 365 g/mol. The van der Waals surface area contributed by atoms with Gasteiger partial charge in [0.05, 0.1) is 17.6 Å². The van der Waals surface area contributed by atoms with Crippen LogP contribution in [0.2, 0.25) is 0 Å². The molecule has 0 saturated heterocycles. The highest BCUT2D eigenvalue weighted by molar-refractivity contribution is 9.10. The van der Waals surface area contributed by atoms with Crippen molar-refractivity contribution in [3.63, 3.8) is 0 Å². The second-order valence-corrected chi connectivity index (χ2v) is 6.17. The van der Waals surface area contributed by atoms with Crippen LogP contribution in [0.1, 0.15) is 0 Å². The first kappa shape index (κ1) is 16.3. The van der Waals surface area contributed by atoms with Gasteiger partial charge in [0.25, 0.3) is 5.92 Å². The van der Waals surface area contributed by atoms with Crippen molar-refractivity contribution < 1.29 is 26.0 Å². The molecule has 4 nitrogen and oxygen atoms in total. The third kappa shape index (κ3) is 4.13. The van der Waals surface area contributed by atoms with Crippen LogP contribution in [0.3, 0.4) is 0 Å². The van der Waals surface area contributed by atoms with E-state index in [4.69, 9.17) is 5.73 Å². The van der Waals surface area contributed by atoms with Crippen LogP contribution in [0, 0.1) is 11.6 Å². The van der Waals surface area contributed by atoms with E-state index in [2.05, 4.69) is 15.9 Å². The standard InChI is InChI=1S/C9H9BrF4N2O2S/c10-5-1-8(7(12)2-6(5)11)19(17,18)16-4-9(13,14)3-15/h1-2,16H,3-4,15H2. The number of nitrogens with one attached hydrogen (secondary N) is 1. The lowest BCUT2D eigenvalue weighted by atomic mass is 10.3. The summed E-state index contributed by atoms with van der Waals surface area (Å²) in [7, 11) is -4.53. The summed E-state index contributed by atoms with van der Waals surface area (Å²) in [6, 6.07) is 0.979. The fourth-order valence-electron chi connectivity index (χ4n) is 1.06. The molecule has 0 radical (unpaired) electrons. The molecule has 0 aliphatic heterocycles. The minimum atomic E-state index is -4.53. The predicted molar refractivity (Wildman–Crippen MR) is 63.2 cm³/mol. The lowest BCUT2D eigenvalue weighted by Gasteiger charge is -2.15. The number of rotatable bonds is 5. The van der Waals surface area contributed by atoms with Crippen LogP contribution in [0.5, 0.6) is 0 Å². The summed E-state index contributed by atoms with van der Waals surface area (Å²) >= 11 is 2.67. The third-order valence-corrected chi connectivity index (χ3v) is 4.11. The number of nitrogens with two attached hydrogens (primary N) is 1. The maximum absolute atomic E-state index is 13.3. The van der Waals surface area contributed by atoms with Crippen molar-refractivity contribution in [1.82, 2.24) is 4.72 Å². The van der Waals surface area contributed by atoms with Crippen molar-refractivity contribution in [2.75, 3.05) is 13.1 Å². The average Bonchev–Trinajstić information content (AvgIpc) is 2.31. The Morgan fingerprint density at radius 3 is 2.37 bits per heavy atom. The van der Waals surface area contributed by atoms with Crippen molar-refractivity contribution in [3.05, 3.63) is 28.2 Å². The summed E-state index contributed by atoms with van der Waals surface area (Å²) in [5.41, 5.74) is 4.73. The molecule has 0 saturated carbocycles. The molecular weight excluding hydrogens is 356 g/mol. The number of hydrogen-bond donors (Lipinski definition) is 2. The zero-order valence-corrected chi connectivity index (χ0v) is 11.7. The van der Waals surface area contributed by atoms with E-state index >= 15 is 0 Å². The van der Waals surface area contributed by atoms with Gasteiger partial charge in [-0.1, -0.05) is 0 Å². The van der Waals surface area contributed by atoms with E-state index < -0.39 is 45.6 Å². The van der Waals surface area contributed by atoms with Crippen LogP contribution >= 0.6 is 15.9 Å².